The normalized spacial score (nSPS) is 20.6. The van der Waals surface area contributed by atoms with Crippen molar-refractivity contribution in [3.8, 4) is 0 Å². The van der Waals surface area contributed by atoms with Gasteiger partial charge in [0.2, 0.25) is 0 Å². The van der Waals surface area contributed by atoms with Crippen LogP contribution in [0.4, 0.5) is 0 Å². The third-order valence-electron chi connectivity index (χ3n) is 2.33. The molecule has 0 aromatic carbocycles. The molecular formula is C10H22O4. The molecule has 0 fully saturated rings. The Morgan fingerprint density at radius 3 is 1.79 bits per heavy atom. The highest BCUT2D eigenvalue weighted by Gasteiger charge is 2.28. The zero-order chi connectivity index (χ0) is 11.3. The molecule has 0 spiro atoms. The Labute approximate surface area is 85.2 Å². The van der Waals surface area contributed by atoms with Crippen molar-refractivity contribution in [3.05, 3.63) is 0 Å². The predicted octanol–water partition coefficient (Wildman–Crippen LogP) is -0.256. The molecule has 0 aliphatic carbocycles. The second-order valence-electron chi connectivity index (χ2n) is 4.34. The van der Waals surface area contributed by atoms with Crippen LogP contribution in [0.25, 0.3) is 0 Å². The van der Waals surface area contributed by atoms with Gasteiger partial charge in [0.05, 0.1) is 12.2 Å². The van der Waals surface area contributed by atoms with Crippen LogP contribution in [0.3, 0.4) is 0 Å². The standard InChI is InChI=1S/C10H22O4/c1-6(2)4-8(12)10(14)9(13)7(3)5-11/h6-14H,4-5H2,1-3H3/t7-,8-,9-,10-/m0/s1. The summed E-state index contributed by atoms with van der Waals surface area (Å²) in [6.07, 6.45) is -2.75. The van der Waals surface area contributed by atoms with Gasteiger partial charge in [-0.3, -0.25) is 0 Å². The van der Waals surface area contributed by atoms with Crippen LogP contribution in [0.15, 0.2) is 0 Å². The minimum atomic E-state index is -1.18. The van der Waals surface area contributed by atoms with Crippen molar-refractivity contribution in [2.24, 2.45) is 11.8 Å². The van der Waals surface area contributed by atoms with E-state index in [2.05, 4.69) is 0 Å². The van der Waals surface area contributed by atoms with E-state index in [1.165, 1.54) is 0 Å². The second-order valence-corrected chi connectivity index (χ2v) is 4.34. The molecule has 0 bridgehead atoms. The Morgan fingerprint density at radius 2 is 1.43 bits per heavy atom. The van der Waals surface area contributed by atoms with E-state index >= 15 is 0 Å². The number of rotatable bonds is 6. The van der Waals surface area contributed by atoms with E-state index < -0.39 is 24.2 Å². The Balaban J connectivity index is 4.09. The average molecular weight is 206 g/mol. The van der Waals surface area contributed by atoms with Gasteiger partial charge in [-0.1, -0.05) is 20.8 Å². The van der Waals surface area contributed by atoms with Crippen molar-refractivity contribution in [2.45, 2.75) is 45.5 Å². The molecule has 0 heterocycles. The maximum atomic E-state index is 9.53. The highest BCUT2D eigenvalue weighted by molar-refractivity contribution is 4.79. The van der Waals surface area contributed by atoms with Crippen LogP contribution in [0, 0.1) is 11.8 Å². The highest BCUT2D eigenvalue weighted by atomic mass is 16.4. The molecule has 0 unspecified atom stereocenters. The lowest BCUT2D eigenvalue weighted by molar-refractivity contribution is -0.0897. The molecule has 0 aliphatic heterocycles. The largest absolute Gasteiger partial charge is 0.396 e. The number of hydrogen-bond donors (Lipinski definition) is 4. The van der Waals surface area contributed by atoms with Gasteiger partial charge in [-0.25, -0.2) is 0 Å². The van der Waals surface area contributed by atoms with Crippen molar-refractivity contribution in [2.75, 3.05) is 6.61 Å². The van der Waals surface area contributed by atoms with Gasteiger partial charge in [-0.05, 0) is 12.3 Å². The molecule has 4 nitrogen and oxygen atoms in total. The maximum absolute atomic E-state index is 9.53. The summed E-state index contributed by atoms with van der Waals surface area (Å²) in [4.78, 5) is 0. The third-order valence-corrected chi connectivity index (χ3v) is 2.33. The lowest BCUT2D eigenvalue weighted by atomic mass is 9.93. The lowest BCUT2D eigenvalue weighted by Crippen LogP contribution is -2.42. The monoisotopic (exact) mass is 206 g/mol. The van der Waals surface area contributed by atoms with Crippen molar-refractivity contribution in [3.63, 3.8) is 0 Å². The Bertz CT molecular complexity index is 149. The molecule has 14 heavy (non-hydrogen) atoms. The maximum Gasteiger partial charge on any atom is 0.106 e. The molecular weight excluding hydrogens is 184 g/mol. The first-order valence-corrected chi connectivity index (χ1v) is 5.05. The second kappa shape index (κ2) is 6.35. The van der Waals surface area contributed by atoms with Gasteiger partial charge >= 0.3 is 0 Å². The summed E-state index contributed by atoms with van der Waals surface area (Å²) < 4.78 is 0. The van der Waals surface area contributed by atoms with Crippen LogP contribution < -0.4 is 0 Å². The van der Waals surface area contributed by atoms with Gasteiger partial charge in [0.25, 0.3) is 0 Å². The molecule has 0 saturated carbocycles. The quantitative estimate of drug-likeness (QED) is 0.483. The summed E-state index contributed by atoms with van der Waals surface area (Å²) in [5.41, 5.74) is 0. The molecule has 4 atom stereocenters. The number of aliphatic hydroxyl groups is 4. The number of aliphatic hydroxyl groups excluding tert-OH is 4. The fraction of sp³-hybridized carbons (Fsp3) is 1.00. The predicted molar refractivity (Wildman–Crippen MR) is 53.7 cm³/mol. The first-order chi connectivity index (χ1) is 6.40. The van der Waals surface area contributed by atoms with Crippen molar-refractivity contribution >= 4 is 0 Å². The minimum absolute atomic E-state index is 0.202. The molecule has 0 aromatic rings. The molecule has 0 aliphatic rings. The molecule has 0 aromatic heterocycles. The van der Waals surface area contributed by atoms with Gasteiger partial charge in [0.1, 0.15) is 6.10 Å². The molecule has 0 saturated heterocycles. The summed E-state index contributed by atoms with van der Waals surface area (Å²) in [6, 6.07) is 0. The van der Waals surface area contributed by atoms with Crippen molar-refractivity contribution in [1.82, 2.24) is 0 Å². The highest BCUT2D eigenvalue weighted by Crippen LogP contribution is 2.15. The molecule has 0 radical (unpaired) electrons. The molecule has 0 rings (SSSR count). The van der Waals surface area contributed by atoms with Crippen molar-refractivity contribution in [1.29, 1.82) is 0 Å². The summed E-state index contributed by atoms with van der Waals surface area (Å²) in [5, 5.41) is 37.3. The fourth-order valence-electron chi connectivity index (χ4n) is 1.29. The van der Waals surface area contributed by atoms with Crippen LogP contribution in [0.2, 0.25) is 0 Å². The Hall–Kier alpha value is -0.160. The van der Waals surface area contributed by atoms with E-state index in [0.29, 0.717) is 6.42 Å². The third kappa shape index (κ3) is 4.37. The fourth-order valence-corrected chi connectivity index (χ4v) is 1.29. The minimum Gasteiger partial charge on any atom is -0.396 e. The van der Waals surface area contributed by atoms with Gasteiger partial charge in [-0.2, -0.15) is 0 Å². The smallest absolute Gasteiger partial charge is 0.106 e. The molecule has 4 heteroatoms. The van der Waals surface area contributed by atoms with E-state index in [9.17, 15) is 15.3 Å². The summed E-state index contributed by atoms with van der Waals surface area (Å²) >= 11 is 0. The van der Waals surface area contributed by atoms with Gasteiger partial charge < -0.3 is 20.4 Å². The molecule has 0 amide bonds. The van der Waals surface area contributed by atoms with Crippen LogP contribution in [-0.4, -0.2) is 45.3 Å². The average Bonchev–Trinajstić information content (AvgIpc) is 2.13. The van der Waals surface area contributed by atoms with Crippen LogP contribution in [-0.2, 0) is 0 Å². The van der Waals surface area contributed by atoms with Crippen LogP contribution in [0.5, 0.6) is 0 Å². The lowest BCUT2D eigenvalue weighted by Gasteiger charge is -2.27. The first kappa shape index (κ1) is 13.8. The Kier molecular flexibility index (Phi) is 6.27. The SMILES string of the molecule is CC(C)C[C@H](O)[C@H](O)[C@@H](O)[C@@H](C)CO. The van der Waals surface area contributed by atoms with E-state index in [1.54, 1.807) is 6.92 Å². The van der Waals surface area contributed by atoms with E-state index in [0.717, 1.165) is 0 Å². The van der Waals surface area contributed by atoms with E-state index in [4.69, 9.17) is 5.11 Å². The Morgan fingerprint density at radius 1 is 0.929 bits per heavy atom. The van der Waals surface area contributed by atoms with E-state index in [1.807, 2.05) is 13.8 Å². The van der Waals surface area contributed by atoms with E-state index in [-0.39, 0.29) is 12.5 Å². The topological polar surface area (TPSA) is 80.9 Å². The molecule has 86 valence electrons. The zero-order valence-electron chi connectivity index (χ0n) is 9.09. The van der Waals surface area contributed by atoms with Crippen LogP contribution >= 0.6 is 0 Å². The zero-order valence-corrected chi connectivity index (χ0v) is 9.09. The van der Waals surface area contributed by atoms with Crippen molar-refractivity contribution < 1.29 is 20.4 Å². The van der Waals surface area contributed by atoms with Gasteiger partial charge in [0.15, 0.2) is 0 Å². The summed E-state index contributed by atoms with van der Waals surface area (Å²) in [6.45, 7) is 5.28. The van der Waals surface area contributed by atoms with Gasteiger partial charge in [0, 0.05) is 12.5 Å². The summed E-state index contributed by atoms with van der Waals surface area (Å²) in [5.74, 6) is -0.164. The first-order valence-electron chi connectivity index (χ1n) is 5.05. The van der Waals surface area contributed by atoms with Gasteiger partial charge in [-0.15, -0.1) is 0 Å². The molecule has 4 N–H and O–H groups in total. The van der Waals surface area contributed by atoms with Crippen LogP contribution in [0.1, 0.15) is 27.2 Å². The summed E-state index contributed by atoms with van der Waals surface area (Å²) in [7, 11) is 0. The number of hydrogen-bond acceptors (Lipinski definition) is 4.